The predicted molar refractivity (Wildman–Crippen MR) is 55.2 cm³/mol. The summed E-state index contributed by atoms with van der Waals surface area (Å²) < 4.78 is 0.807. The Balaban J connectivity index is 2.48. The van der Waals surface area contributed by atoms with Crippen LogP contribution in [0.25, 0.3) is 11.3 Å². The Morgan fingerprint density at radius 2 is 1.77 bits per heavy atom. The molecule has 1 aromatic carbocycles. The van der Waals surface area contributed by atoms with E-state index in [1.807, 2.05) is 36.4 Å². The molecule has 0 saturated carbocycles. The average molecular weight is 235 g/mol. The Morgan fingerprint density at radius 1 is 1.00 bits per heavy atom. The summed E-state index contributed by atoms with van der Waals surface area (Å²) in [5.41, 5.74) is 2.04. The van der Waals surface area contributed by atoms with Crippen LogP contribution in [0.4, 0.5) is 0 Å². The molecule has 13 heavy (non-hydrogen) atoms. The Hall–Kier alpha value is -1.22. The molecular weight excluding hydrogens is 228 g/mol. The van der Waals surface area contributed by atoms with E-state index in [4.69, 9.17) is 0 Å². The second-order valence-electron chi connectivity index (χ2n) is 2.59. The van der Waals surface area contributed by atoms with Crippen molar-refractivity contribution in [3.05, 3.63) is 47.3 Å². The van der Waals surface area contributed by atoms with Crippen LogP contribution in [0, 0.1) is 0 Å². The van der Waals surface area contributed by atoms with Gasteiger partial charge in [-0.1, -0.05) is 30.3 Å². The Kier molecular flexibility index (Phi) is 2.36. The number of aromatic nitrogens is 2. The van der Waals surface area contributed by atoms with Gasteiger partial charge in [0, 0.05) is 5.56 Å². The van der Waals surface area contributed by atoms with E-state index in [1.165, 1.54) is 0 Å². The van der Waals surface area contributed by atoms with Crippen molar-refractivity contribution in [1.29, 1.82) is 0 Å². The van der Waals surface area contributed by atoms with E-state index in [0.29, 0.717) is 0 Å². The van der Waals surface area contributed by atoms with Gasteiger partial charge >= 0.3 is 0 Å². The van der Waals surface area contributed by atoms with Crippen LogP contribution in [0.1, 0.15) is 0 Å². The van der Waals surface area contributed by atoms with Gasteiger partial charge in [0.2, 0.25) is 0 Å². The number of nitrogens with zero attached hydrogens (tertiary/aromatic N) is 2. The van der Waals surface area contributed by atoms with Crippen molar-refractivity contribution >= 4 is 15.9 Å². The lowest BCUT2D eigenvalue weighted by Gasteiger charge is -1.98. The molecule has 0 fully saturated rings. The summed E-state index contributed by atoms with van der Waals surface area (Å²) in [5, 5.41) is 0. The first-order valence-corrected chi connectivity index (χ1v) is 4.68. The Morgan fingerprint density at radius 3 is 2.46 bits per heavy atom. The quantitative estimate of drug-likeness (QED) is 0.710. The monoisotopic (exact) mass is 234 g/mol. The first-order chi connectivity index (χ1) is 6.36. The van der Waals surface area contributed by atoms with Crippen LogP contribution < -0.4 is 0 Å². The SMILES string of the molecule is Brc1cc(-c2ccccc2)ncn1. The van der Waals surface area contributed by atoms with Crippen molar-refractivity contribution in [2.75, 3.05) is 0 Å². The Labute approximate surface area is 84.8 Å². The van der Waals surface area contributed by atoms with Crippen LogP contribution in [0.15, 0.2) is 47.3 Å². The van der Waals surface area contributed by atoms with Gasteiger partial charge in [-0.15, -0.1) is 0 Å². The molecule has 2 nitrogen and oxygen atoms in total. The molecule has 0 unspecified atom stereocenters. The molecule has 0 spiro atoms. The smallest absolute Gasteiger partial charge is 0.117 e. The van der Waals surface area contributed by atoms with Crippen molar-refractivity contribution in [3.63, 3.8) is 0 Å². The highest BCUT2D eigenvalue weighted by Gasteiger charge is 1.97. The molecule has 0 aliphatic carbocycles. The third-order valence-corrected chi connectivity index (χ3v) is 2.14. The minimum absolute atomic E-state index is 0.807. The molecule has 0 N–H and O–H groups in total. The van der Waals surface area contributed by atoms with Crippen molar-refractivity contribution < 1.29 is 0 Å². The minimum Gasteiger partial charge on any atom is -0.236 e. The third-order valence-electron chi connectivity index (χ3n) is 1.70. The van der Waals surface area contributed by atoms with Gasteiger partial charge in [-0.3, -0.25) is 0 Å². The van der Waals surface area contributed by atoms with Crippen LogP contribution >= 0.6 is 15.9 Å². The van der Waals surface area contributed by atoms with Crippen LogP contribution in [0.3, 0.4) is 0 Å². The van der Waals surface area contributed by atoms with E-state index in [9.17, 15) is 0 Å². The van der Waals surface area contributed by atoms with Crippen LogP contribution in [0.2, 0.25) is 0 Å². The molecule has 2 aromatic rings. The van der Waals surface area contributed by atoms with E-state index in [-0.39, 0.29) is 0 Å². The van der Waals surface area contributed by atoms with E-state index >= 15 is 0 Å². The maximum absolute atomic E-state index is 4.17. The maximum atomic E-state index is 4.17. The number of rotatable bonds is 1. The molecular formula is C10H7BrN2. The predicted octanol–water partition coefficient (Wildman–Crippen LogP) is 2.91. The van der Waals surface area contributed by atoms with Gasteiger partial charge < -0.3 is 0 Å². The van der Waals surface area contributed by atoms with E-state index in [2.05, 4.69) is 25.9 Å². The summed E-state index contributed by atoms with van der Waals surface area (Å²) in [6.07, 6.45) is 1.55. The lowest BCUT2D eigenvalue weighted by Crippen LogP contribution is -1.84. The van der Waals surface area contributed by atoms with E-state index < -0.39 is 0 Å². The summed E-state index contributed by atoms with van der Waals surface area (Å²) in [6.45, 7) is 0. The molecule has 0 atom stereocenters. The number of hydrogen-bond acceptors (Lipinski definition) is 2. The highest BCUT2D eigenvalue weighted by atomic mass is 79.9. The molecule has 0 aliphatic heterocycles. The van der Waals surface area contributed by atoms with Gasteiger partial charge in [-0.25, -0.2) is 9.97 Å². The molecule has 0 aliphatic rings. The molecule has 0 saturated heterocycles. The molecule has 0 amide bonds. The first-order valence-electron chi connectivity index (χ1n) is 3.89. The Bertz CT molecular complexity index is 401. The first kappa shape index (κ1) is 8.38. The van der Waals surface area contributed by atoms with Gasteiger partial charge in [0.05, 0.1) is 5.69 Å². The topological polar surface area (TPSA) is 25.8 Å². The van der Waals surface area contributed by atoms with Gasteiger partial charge in [0.25, 0.3) is 0 Å². The lowest BCUT2D eigenvalue weighted by atomic mass is 10.1. The lowest BCUT2D eigenvalue weighted by molar-refractivity contribution is 1.14. The molecule has 0 bridgehead atoms. The summed E-state index contributed by atoms with van der Waals surface area (Å²) in [4.78, 5) is 8.14. The van der Waals surface area contributed by atoms with Crippen molar-refractivity contribution in [1.82, 2.24) is 9.97 Å². The van der Waals surface area contributed by atoms with Crippen molar-refractivity contribution in [3.8, 4) is 11.3 Å². The fourth-order valence-electron chi connectivity index (χ4n) is 1.10. The molecule has 1 aromatic heterocycles. The zero-order valence-electron chi connectivity index (χ0n) is 6.81. The van der Waals surface area contributed by atoms with Crippen LogP contribution in [-0.2, 0) is 0 Å². The second-order valence-corrected chi connectivity index (χ2v) is 3.40. The highest BCUT2D eigenvalue weighted by Crippen LogP contribution is 2.17. The fraction of sp³-hybridized carbons (Fsp3) is 0. The molecule has 0 radical (unpaired) electrons. The van der Waals surface area contributed by atoms with E-state index in [1.54, 1.807) is 6.33 Å². The summed E-state index contributed by atoms with van der Waals surface area (Å²) in [5.74, 6) is 0. The number of hydrogen-bond donors (Lipinski definition) is 0. The molecule has 1 heterocycles. The van der Waals surface area contributed by atoms with Gasteiger partial charge in [-0.2, -0.15) is 0 Å². The molecule has 64 valence electrons. The summed E-state index contributed by atoms with van der Waals surface area (Å²) in [6, 6.07) is 11.9. The zero-order valence-corrected chi connectivity index (χ0v) is 8.40. The third kappa shape index (κ3) is 1.92. The molecule has 2 rings (SSSR count). The second kappa shape index (κ2) is 3.66. The standard InChI is InChI=1S/C10H7BrN2/c11-10-6-9(12-7-13-10)8-4-2-1-3-5-8/h1-7H. The fourth-order valence-corrected chi connectivity index (χ4v) is 1.41. The van der Waals surface area contributed by atoms with Crippen molar-refractivity contribution in [2.24, 2.45) is 0 Å². The maximum Gasteiger partial charge on any atom is 0.117 e. The van der Waals surface area contributed by atoms with Gasteiger partial charge in [0.15, 0.2) is 0 Å². The van der Waals surface area contributed by atoms with Crippen molar-refractivity contribution in [2.45, 2.75) is 0 Å². The zero-order chi connectivity index (χ0) is 9.10. The van der Waals surface area contributed by atoms with Gasteiger partial charge in [0.1, 0.15) is 10.9 Å². The largest absolute Gasteiger partial charge is 0.236 e. The van der Waals surface area contributed by atoms with Gasteiger partial charge in [-0.05, 0) is 22.0 Å². The van der Waals surface area contributed by atoms with Crippen LogP contribution in [-0.4, -0.2) is 9.97 Å². The van der Waals surface area contributed by atoms with E-state index in [0.717, 1.165) is 15.9 Å². The normalized spacial score (nSPS) is 9.92. The average Bonchev–Trinajstić information content (AvgIpc) is 2.19. The number of halogens is 1. The summed E-state index contributed by atoms with van der Waals surface area (Å²) in [7, 11) is 0. The molecule has 3 heteroatoms. The number of benzene rings is 1. The highest BCUT2D eigenvalue weighted by molar-refractivity contribution is 9.10. The van der Waals surface area contributed by atoms with Crippen LogP contribution in [0.5, 0.6) is 0 Å². The minimum atomic E-state index is 0.807. The summed E-state index contributed by atoms with van der Waals surface area (Å²) >= 11 is 3.31.